The summed E-state index contributed by atoms with van der Waals surface area (Å²) in [5.41, 5.74) is 5.41. The van der Waals surface area contributed by atoms with Crippen molar-refractivity contribution in [2.75, 3.05) is 6.54 Å². The Morgan fingerprint density at radius 3 is 2.73 bits per heavy atom. The number of aryl methyl sites for hydroxylation is 3. The highest BCUT2D eigenvalue weighted by molar-refractivity contribution is 7.09. The van der Waals surface area contributed by atoms with Gasteiger partial charge in [-0.05, 0) is 55.0 Å². The second-order valence-electron chi connectivity index (χ2n) is 7.58. The maximum absolute atomic E-state index is 12.4. The fraction of sp³-hybridized carbons (Fsp3) is 0.333. The maximum Gasteiger partial charge on any atom is 0.220 e. The zero-order chi connectivity index (χ0) is 20.8. The predicted octanol–water partition coefficient (Wildman–Crippen LogP) is 4.41. The predicted molar refractivity (Wildman–Crippen MR) is 119 cm³/mol. The van der Waals surface area contributed by atoms with Crippen molar-refractivity contribution in [1.82, 2.24) is 15.3 Å². The SMILES string of the molecule is O=C(CCC(=O)c1ccc2c(c1)CCC2)NCCCc1nc(-c2ccncc2)cs1. The van der Waals surface area contributed by atoms with E-state index < -0.39 is 0 Å². The van der Waals surface area contributed by atoms with Crippen LogP contribution in [0.15, 0.2) is 48.1 Å². The molecule has 0 atom stereocenters. The highest BCUT2D eigenvalue weighted by Crippen LogP contribution is 2.24. The molecule has 0 spiro atoms. The lowest BCUT2D eigenvalue weighted by Crippen LogP contribution is -2.25. The molecule has 154 valence electrons. The van der Waals surface area contributed by atoms with Crippen molar-refractivity contribution in [3.05, 3.63) is 69.8 Å². The third-order valence-electron chi connectivity index (χ3n) is 5.42. The minimum Gasteiger partial charge on any atom is -0.356 e. The zero-order valence-corrected chi connectivity index (χ0v) is 17.7. The van der Waals surface area contributed by atoms with Crippen LogP contribution in [0, 0.1) is 0 Å². The van der Waals surface area contributed by atoms with Gasteiger partial charge < -0.3 is 5.32 Å². The van der Waals surface area contributed by atoms with Gasteiger partial charge >= 0.3 is 0 Å². The van der Waals surface area contributed by atoms with Crippen LogP contribution in [0.3, 0.4) is 0 Å². The van der Waals surface area contributed by atoms with Crippen LogP contribution >= 0.6 is 11.3 Å². The molecule has 2 heterocycles. The molecule has 30 heavy (non-hydrogen) atoms. The molecule has 1 amide bonds. The number of nitrogens with zero attached hydrogens (tertiary/aromatic N) is 2. The Kier molecular flexibility index (Phi) is 6.64. The molecule has 1 aromatic carbocycles. The van der Waals surface area contributed by atoms with Crippen molar-refractivity contribution < 1.29 is 9.59 Å². The van der Waals surface area contributed by atoms with Crippen molar-refractivity contribution in [3.63, 3.8) is 0 Å². The van der Waals surface area contributed by atoms with Crippen LogP contribution < -0.4 is 5.32 Å². The van der Waals surface area contributed by atoms with E-state index in [1.165, 1.54) is 17.5 Å². The van der Waals surface area contributed by atoms with E-state index in [9.17, 15) is 9.59 Å². The number of nitrogens with one attached hydrogen (secondary N) is 1. The summed E-state index contributed by atoms with van der Waals surface area (Å²) in [6, 6.07) is 9.87. The summed E-state index contributed by atoms with van der Waals surface area (Å²) >= 11 is 1.63. The molecule has 0 saturated heterocycles. The lowest BCUT2D eigenvalue weighted by molar-refractivity contribution is -0.121. The average Bonchev–Trinajstić information content (AvgIpc) is 3.44. The van der Waals surface area contributed by atoms with E-state index in [0.29, 0.717) is 6.54 Å². The number of rotatable bonds is 9. The largest absolute Gasteiger partial charge is 0.356 e. The number of benzene rings is 1. The van der Waals surface area contributed by atoms with Crippen LogP contribution in [0.5, 0.6) is 0 Å². The van der Waals surface area contributed by atoms with Gasteiger partial charge in [-0.1, -0.05) is 12.1 Å². The number of aromatic nitrogens is 2. The Hall–Kier alpha value is -2.86. The topological polar surface area (TPSA) is 72.0 Å². The van der Waals surface area contributed by atoms with Gasteiger partial charge in [-0.3, -0.25) is 14.6 Å². The third-order valence-corrected chi connectivity index (χ3v) is 6.33. The summed E-state index contributed by atoms with van der Waals surface area (Å²) in [6.07, 6.45) is 9.00. The van der Waals surface area contributed by atoms with Crippen LogP contribution in [0.2, 0.25) is 0 Å². The highest BCUT2D eigenvalue weighted by Gasteiger charge is 2.15. The number of ketones is 1. The number of fused-ring (bicyclic) bond motifs is 1. The van der Waals surface area contributed by atoms with Crippen molar-refractivity contribution >= 4 is 23.0 Å². The lowest BCUT2D eigenvalue weighted by atomic mass is 10.0. The van der Waals surface area contributed by atoms with Gasteiger partial charge in [-0.2, -0.15) is 0 Å². The molecule has 0 aliphatic heterocycles. The number of thiazole rings is 1. The minimum atomic E-state index is -0.0684. The van der Waals surface area contributed by atoms with E-state index >= 15 is 0 Å². The van der Waals surface area contributed by atoms with E-state index in [0.717, 1.165) is 47.5 Å². The van der Waals surface area contributed by atoms with Crippen molar-refractivity contribution in [3.8, 4) is 11.3 Å². The van der Waals surface area contributed by atoms with Gasteiger partial charge in [0.05, 0.1) is 10.7 Å². The van der Waals surface area contributed by atoms with Crippen LogP contribution in [-0.4, -0.2) is 28.2 Å². The molecule has 1 aliphatic carbocycles. The molecule has 4 rings (SSSR count). The molecular formula is C24H25N3O2S. The molecule has 0 saturated carbocycles. The van der Waals surface area contributed by atoms with Crippen molar-refractivity contribution in [2.45, 2.75) is 44.9 Å². The summed E-state index contributed by atoms with van der Waals surface area (Å²) in [7, 11) is 0. The Morgan fingerprint density at radius 2 is 1.87 bits per heavy atom. The number of hydrogen-bond donors (Lipinski definition) is 1. The molecular weight excluding hydrogens is 394 g/mol. The van der Waals surface area contributed by atoms with Crippen molar-refractivity contribution in [2.24, 2.45) is 0 Å². The normalized spacial score (nSPS) is 12.5. The first kappa shape index (κ1) is 20.4. The Bertz CT molecular complexity index is 1030. The van der Waals surface area contributed by atoms with Gasteiger partial charge in [-0.15, -0.1) is 11.3 Å². The standard InChI is InChI=1S/C24H25N3O2S/c28-22(20-7-6-17-3-1-4-19(17)15-20)8-9-23(29)26-12-2-5-24-27-21(16-30-24)18-10-13-25-14-11-18/h6-7,10-11,13-16H,1-5,8-9,12H2,(H,26,29). The number of amides is 1. The summed E-state index contributed by atoms with van der Waals surface area (Å²) in [6.45, 7) is 0.593. The molecule has 5 nitrogen and oxygen atoms in total. The summed E-state index contributed by atoms with van der Waals surface area (Å²) in [4.78, 5) is 33.2. The molecule has 0 unspecified atom stereocenters. The second-order valence-corrected chi connectivity index (χ2v) is 8.52. The first-order valence-electron chi connectivity index (χ1n) is 10.5. The van der Waals surface area contributed by atoms with Gasteiger partial charge in [0.2, 0.25) is 5.91 Å². The molecule has 6 heteroatoms. The Morgan fingerprint density at radius 1 is 1.03 bits per heavy atom. The Balaban J connectivity index is 1.16. The van der Waals surface area contributed by atoms with E-state index in [4.69, 9.17) is 0 Å². The quantitative estimate of drug-likeness (QED) is 0.412. The maximum atomic E-state index is 12.4. The molecule has 0 bridgehead atoms. The van der Waals surface area contributed by atoms with E-state index in [1.54, 1.807) is 23.7 Å². The smallest absolute Gasteiger partial charge is 0.220 e. The van der Waals surface area contributed by atoms with Gasteiger partial charge in [0.1, 0.15) is 0 Å². The van der Waals surface area contributed by atoms with E-state index in [2.05, 4.69) is 21.4 Å². The van der Waals surface area contributed by atoms with Gasteiger partial charge in [0, 0.05) is 54.7 Å². The van der Waals surface area contributed by atoms with Crippen molar-refractivity contribution in [1.29, 1.82) is 0 Å². The Labute approximate surface area is 180 Å². The number of carbonyl (C=O) groups is 2. The number of pyridine rings is 1. The summed E-state index contributed by atoms with van der Waals surface area (Å²) < 4.78 is 0. The van der Waals surface area contributed by atoms with Gasteiger partial charge in [0.25, 0.3) is 0 Å². The van der Waals surface area contributed by atoms with Crippen LogP contribution in [0.4, 0.5) is 0 Å². The van der Waals surface area contributed by atoms with Crippen LogP contribution in [-0.2, 0) is 24.1 Å². The molecule has 3 aromatic rings. The first-order valence-corrected chi connectivity index (χ1v) is 11.3. The number of hydrogen-bond acceptors (Lipinski definition) is 5. The fourth-order valence-electron chi connectivity index (χ4n) is 3.75. The fourth-order valence-corrected chi connectivity index (χ4v) is 4.60. The van der Waals surface area contributed by atoms with Crippen LogP contribution in [0.1, 0.15) is 52.2 Å². The number of Topliss-reactive ketones (excluding diaryl/α,β-unsaturated/α-hetero) is 1. The number of carbonyl (C=O) groups excluding carboxylic acids is 2. The van der Waals surface area contributed by atoms with Gasteiger partial charge in [0.15, 0.2) is 5.78 Å². The third kappa shape index (κ3) is 5.19. The summed E-state index contributed by atoms with van der Waals surface area (Å²) in [5, 5.41) is 6.02. The molecule has 0 radical (unpaired) electrons. The minimum absolute atomic E-state index is 0.0475. The molecule has 1 N–H and O–H groups in total. The summed E-state index contributed by atoms with van der Waals surface area (Å²) in [5.74, 6) is -0.0209. The highest BCUT2D eigenvalue weighted by atomic mass is 32.1. The molecule has 1 aliphatic rings. The van der Waals surface area contributed by atoms with E-state index in [-0.39, 0.29) is 24.5 Å². The lowest BCUT2D eigenvalue weighted by Gasteiger charge is -2.06. The monoisotopic (exact) mass is 419 g/mol. The van der Waals surface area contributed by atoms with E-state index in [1.807, 2.05) is 29.6 Å². The average molecular weight is 420 g/mol. The molecule has 2 aromatic heterocycles. The first-order chi connectivity index (χ1) is 14.7. The molecule has 0 fully saturated rings. The van der Waals surface area contributed by atoms with Crippen LogP contribution in [0.25, 0.3) is 11.3 Å². The zero-order valence-electron chi connectivity index (χ0n) is 16.9. The van der Waals surface area contributed by atoms with Gasteiger partial charge in [-0.25, -0.2) is 4.98 Å². The second kappa shape index (κ2) is 9.76.